The molecule has 0 aliphatic rings. The number of carbonyl (C=O) groups is 7. The van der Waals surface area contributed by atoms with Crippen LogP contribution in [0.2, 0.25) is 0 Å². The van der Waals surface area contributed by atoms with Gasteiger partial charge in [0.1, 0.15) is 0 Å². The lowest BCUT2D eigenvalue weighted by molar-refractivity contribution is 0.0516. The van der Waals surface area contributed by atoms with E-state index in [-0.39, 0.29) is 50.6 Å². The summed E-state index contributed by atoms with van der Waals surface area (Å²) in [6, 6.07) is 3.17. The minimum Gasteiger partial charge on any atom is -0.434 e. The van der Waals surface area contributed by atoms with Gasteiger partial charge >= 0.3 is 30.6 Å². The fourth-order valence-corrected chi connectivity index (χ4v) is 11.8. The van der Waals surface area contributed by atoms with Crippen molar-refractivity contribution >= 4 is 42.4 Å². The number of ether oxygens (including phenoxy) is 9. The number of amides is 2. The Hall–Kier alpha value is -6.50. The summed E-state index contributed by atoms with van der Waals surface area (Å²) in [5, 5.41) is 5.60. The van der Waals surface area contributed by atoms with Crippen molar-refractivity contribution in [1.82, 2.24) is 20.4 Å². The maximum atomic E-state index is 14.8. The highest BCUT2D eigenvalue weighted by molar-refractivity contribution is 6.03. The summed E-state index contributed by atoms with van der Waals surface area (Å²) in [5.41, 5.74) is -1.10. The molecule has 0 fully saturated rings. The van der Waals surface area contributed by atoms with Gasteiger partial charge in [-0.25, -0.2) is 37.1 Å². The van der Waals surface area contributed by atoms with Gasteiger partial charge in [-0.3, -0.25) is 9.59 Å². The molecule has 2 aromatic carbocycles. The van der Waals surface area contributed by atoms with Crippen LogP contribution in [0.25, 0.3) is 0 Å². The van der Waals surface area contributed by atoms with Crippen LogP contribution in [0.1, 0.15) is 328 Å². The molecule has 0 spiro atoms. The summed E-state index contributed by atoms with van der Waals surface area (Å²) >= 11 is 0. The Balaban J connectivity index is 2.16. The number of halogens is 5. The van der Waals surface area contributed by atoms with E-state index in [2.05, 4.69) is 48.1 Å². The first kappa shape index (κ1) is 95.6. The number of hydrogen-bond donors (Lipinski definition) is 2. The fourth-order valence-electron chi connectivity index (χ4n) is 11.8. The Morgan fingerprint density at radius 1 is 0.274 bits per heavy atom. The zero-order chi connectivity index (χ0) is 77.3. The Labute approximate surface area is 630 Å². The lowest BCUT2D eigenvalue weighted by Gasteiger charge is -2.22. The van der Waals surface area contributed by atoms with Gasteiger partial charge in [-0.1, -0.05) is 182 Å². The van der Waals surface area contributed by atoms with Crippen molar-refractivity contribution in [3.63, 3.8) is 0 Å². The van der Waals surface area contributed by atoms with Gasteiger partial charge in [-0.15, -0.1) is 0 Å². The monoisotopic (exact) mass is 1510 g/mol. The van der Waals surface area contributed by atoms with Crippen LogP contribution in [0.3, 0.4) is 0 Å². The molecule has 0 unspecified atom stereocenters. The molecule has 0 aliphatic heterocycles. The molecule has 20 nitrogen and oxygen atoms in total. The van der Waals surface area contributed by atoms with Gasteiger partial charge in [0, 0.05) is 24.2 Å². The van der Waals surface area contributed by atoms with Crippen molar-refractivity contribution < 1.29 is 98.1 Å². The lowest BCUT2D eigenvalue weighted by Crippen LogP contribution is -2.32. The lowest BCUT2D eigenvalue weighted by atomic mass is 10.0. The van der Waals surface area contributed by atoms with Crippen LogP contribution in [0.15, 0.2) is 18.2 Å². The molecule has 0 bridgehead atoms. The summed E-state index contributed by atoms with van der Waals surface area (Å²) in [4.78, 5) is 94.9. The van der Waals surface area contributed by atoms with Crippen molar-refractivity contribution in [2.45, 2.75) is 297 Å². The van der Waals surface area contributed by atoms with E-state index < -0.39 is 82.8 Å². The van der Waals surface area contributed by atoms with Crippen molar-refractivity contribution in [2.75, 3.05) is 105 Å². The quantitative estimate of drug-likeness (QED) is 0.0119. The standard InChI is InChI=1S/C81H133F5N4O16/c1-5-9-13-17-21-25-37-55-98-78(94)102-59-41-29-33-49-89(50-34-30-42-60-103-79(95)99-56-38-26-22-18-14-10-6-2)53-45-47-87-75(91)66-63-67(65-68(64-66)77(93)106-74-72(85)70(83)69(82)71(84)73(74)86)76(92)88-48-46-54-90(51-35-31-43-61-104-80(96)100-57-39-27-23-19-15-11-7-3)52-36-32-44-62-105-81(97)101-58-40-28-24-20-16-12-8-4/h63-65H,5-62H2,1-4H3,(H,87,91)(H,88,92). The smallest absolute Gasteiger partial charge is 0.434 e. The SMILES string of the molecule is CCCCCCCCCOC(=O)OCCCCCN(CCCCCOC(=O)OCCCCCCCCC)CCCNC(=O)c1cc(C(=O)NCCCN(CCCCCOC(=O)OCCCCCCCCC)CCCCCOC(=O)OCCCCCCCCC)cc(C(=O)Oc2c(F)c(F)c(F)c(F)c2F)c1. The number of rotatable bonds is 68. The van der Waals surface area contributed by atoms with E-state index >= 15 is 0 Å². The molecule has 0 saturated carbocycles. The van der Waals surface area contributed by atoms with Crippen LogP contribution < -0.4 is 15.4 Å². The van der Waals surface area contributed by atoms with E-state index in [4.69, 9.17) is 42.6 Å². The number of unbranched alkanes of at least 4 members (excludes halogenated alkanes) is 32. The van der Waals surface area contributed by atoms with Gasteiger partial charge in [0.2, 0.25) is 34.8 Å². The average molecular weight is 1510 g/mol. The second-order valence-electron chi connectivity index (χ2n) is 27.5. The highest BCUT2D eigenvalue weighted by Gasteiger charge is 2.30. The van der Waals surface area contributed by atoms with Gasteiger partial charge in [0.15, 0.2) is 0 Å². The highest BCUT2D eigenvalue weighted by Crippen LogP contribution is 2.30. The predicted molar refractivity (Wildman–Crippen MR) is 401 cm³/mol. The van der Waals surface area contributed by atoms with Gasteiger partial charge in [0.05, 0.1) is 58.4 Å². The molecule has 0 heterocycles. The topological polar surface area (TPSA) is 233 Å². The molecule has 0 atom stereocenters. The summed E-state index contributed by atoms with van der Waals surface area (Å²) in [5.74, 6) is -17.0. The molecule has 608 valence electrons. The van der Waals surface area contributed by atoms with E-state index in [0.717, 1.165) is 141 Å². The van der Waals surface area contributed by atoms with Gasteiger partial charge in [0.25, 0.3) is 11.8 Å². The number of esters is 1. The molecule has 2 rings (SSSR count). The van der Waals surface area contributed by atoms with Gasteiger partial charge in [-0.05, 0) is 173 Å². The van der Waals surface area contributed by atoms with Crippen LogP contribution in [0.5, 0.6) is 5.75 Å². The van der Waals surface area contributed by atoms with Crippen molar-refractivity contribution in [3.05, 3.63) is 64.0 Å². The maximum Gasteiger partial charge on any atom is 0.508 e. The van der Waals surface area contributed by atoms with Crippen LogP contribution in [-0.4, -0.2) is 157 Å². The van der Waals surface area contributed by atoms with Gasteiger partial charge in [-0.2, -0.15) is 8.78 Å². The van der Waals surface area contributed by atoms with Crippen molar-refractivity contribution in [2.24, 2.45) is 0 Å². The molecule has 106 heavy (non-hydrogen) atoms. The Bertz CT molecular complexity index is 2420. The van der Waals surface area contributed by atoms with Crippen LogP contribution in [-0.2, 0) is 37.9 Å². The number of benzene rings is 2. The number of hydrogen-bond acceptors (Lipinski definition) is 18. The van der Waals surface area contributed by atoms with Crippen LogP contribution in [0, 0.1) is 29.1 Å². The minimum atomic E-state index is -2.47. The third kappa shape index (κ3) is 49.5. The highest BCUT2D eigenvalue weighted by atomic mass is 19.2. The molecule has 25 heteroatoms. The molecule has 0 radical (unpaired) electrons. The molecule has 0 saturated heterocycles. The van der Waals surface area contributed by atoms with Crippen LogP contribution in [0.4, 0.5) is 41.1 Å². The van der Waals surface area contributed by atoms with E-state index in [9.17, 15) is 55.5 Å². The van der Waals surface area contributed by atoms with E-state index in [1.807, 2.05) is 0 Å². The largest absolute Gasteiger partial charge is 0.508 e. The predicted octanol–water partition coefficient (Wildman–Crippen LogP) is 20.7. The van der Waals surface area contributed by atoms with E-state index in [1.54, 1.807) is 0 Å². The molecular weight excluding hydrogens is 1380 g/mol. The molecule has 2 aromatic rings. The minimum absolute atomic E-state index is 0.111. The Morgan fingerprint density at radius 3 is 0.736 bits per heavy atom. The van der Waals surface area contributed by atoms with E-state index in [1.165, 1.54) is 109 Å². The second-order valence-corrected chi connectivity index (χ2v) is 27.5. The first-order valence-electron chi connectivity index (χ1n) is 40.6. The molecule has 2 N–H and O–H groups in total. The maximum absolute atomic E-state index is 14.8. The summed E-state index contributed by atoms with van der Waals surface area (Å²) < 4.78 is 119. The number of nitrogens with one attached hydrogen (secondary N) is 2. The van der Waals surface area contributed by atoms with Gasteiger partial charge < -0.3 is 63.1 Å². The Kier molecular flexibility index (Phi) is 59.1. The van der Waals surface area contributed by atoms with E-state index in [0.29, 0.717) is 104 Å². The molecule has 0 aliphatic carbocycles. The average Bonchev–Trinajstić information content (AvgIpc) is 0.795. The second kappa shape index (κ2) is 65.6. The summed E-state index contributed by atoms with van der Waals surface area (Å²) in [6.07, 6.45) is 37.4. The van der Waals surface area contributed by atoms with Crippen molar-refractivity contribution in [3.8, 4) is 5.75 Å². The molecule has 0 aromatic heterocycles. The zero-order valence-corrected chi connectivity index (χ0v) is 65.1. The summed E-state index contributed by atoms with van der Waals surface area (Å²) in [7, 11) is 0. The number of nitrogens with zero attached hydrogens (tertiary/aromatic N) is 2. The fraction of sp³-hybridized carbons (Fsp3) is 0.765. The molecule has 2 amide bonds. The third-order valence-corrected chi connectivity index (χ3v) is 18.2. The Morgan fingerprint density at radius 2 is 0.481 bits per heavy atom. The zero-order valence-electron chi connectivity index (χ0n) is 65.1. The normalized spacial score (nSPS) is 11.2. The first-order valence-corrected chi connectivity index (χ1v) is 40.6. The number of carbonyl (C=O) groups excluding carboxylic acids is 7. The van der Waals surface area contributed by atoms with Crippen LogP contribution >= 0.6 is 0 Å². The first-order chi connectivity index (χ1) is 51.6. The third-order valence-electron chi connectivity index (χ3n) is 18.2. The summed E-state index contributed by atoms with van der Waals surface area (Å²) in [6.45, 7) is 14.8. The molecular formula is C81H133F5N4O16. The van der Waals surface area contributed by atoms with Crippen molar-refractivity contribution in [1.29, 1.82) is 0 Å².